The summed E-state index contributed by atoms with van der Waals surface area (Å²) in [5, 5.41) is 7.37. The van der Waals surface area contributed by atoms with E-state index >= 15 is 0 Å². The van der Waals surface area contributed by atoms with Crippen molar-refractivity contribution in [3.05, 3.63) is 47.3 Å². The van der Waals surface area contributed by atoms with Crippen LogP contribution < -0.4 is 5.32 Å². The zero-order chi connectivity index (χ0) is 15.4. The molecule has 1 heterocycles. The SMILES string of the molecule is O=C(NCc1nc(-c2cccc(Cl)c2)no1)[C@H]1CC=CCC1. The third-order valence-electron chi connectivity index (χ3n) is 3.60. The number of rotatable bonds is 4. The van der Waals surface area contributed by atoms with Crippen molar-refractivity contribution < 1.29 is 9.32 Å². The van der Waals surface area contributed by atoms with Crippen LogP contribution in [0, 0.1) is 5.92 Å². The number of nitrogens with zero attached hydrogens (tertiary/aromatic N) is 2. The molecule has 1 N–H and O–H groups in total. The lowest BCUT2D eigenvalue weighted by atomic mass is 9.94. The number of aromatic nitrogens is 2. The first-order valence-electron chi connectivity index (χ1n) is 7.23. The van der Waals surface area contributed by atoms with Gasteiger partial charge in [-0.15, -0.1) is 0 Å². The first-order valence-corrected chi connectivity index (χ1v) is 7.61. The van der Waals surface area contributed by atoms with Crippen molar-refractivity contribution in [2.24, 2.45) is 5.92 Å². The maximum absolute atomic E-state index is 12.0. The molecule has 1 aromatic heterocycles. The minimum absolute atomic E-state index is 0.0341. The number of nitrogens with one attached hydrogen (secondary N) is 1. The van der Waals surface area contributed by atoms with E-state index in [4.69, 9.17) is 16.1 Å². The van der Waals surface area contributed by atoms with Crippen molar-refractivity contribution in [2.75, 3.05) is 0 Å². The average Bonchev–Trinajstić information content (AvgIpc) is 3.02. The Morgan fingerprint density at radius 2 is 2.32 bits per heavy atom. The van der Waals surface area contributed by atoms with E-state index in [1.165, 1.54) is 0 Å². The Balaban J connectivity index is 1.60. The molecule has 0 saturated carbocycles. The largest absolute Gasteiger partial charge is 0.347 e. The molecule has 2 aromatic rings. The molecule has 0 fully saturated rings. The van der Waals surface area contributed by atoms with Gasteiger partial charge in [0.05, 0.1) is 6.54 Å². The average molecular weight is 318 g/mol. The maximum atomic E-state index is 12.0. The summed E-state index contributed by atoms with van der Waals surface area (Å²) in [6.07, 6.45) is 6.80. The lowest BCUT2D eigenvalue weighted by Crippen LogP contribution is -2.30. The summed E-state index contributed by atoms with van der Waals surface area (Å²) in [5.41, 5.74) is 0.784. The summed E-state index contributed by atoms with van der Waals surface area (Å²) in [6, 6.07) is 7.23. The van der Waals surface area contributed by atoms with Gasteiger partial charge in [0.25, 0.3) is 0 Å². The van der Waals surface area contributed by atoms with Crippen LogP contribution in [0.5, 0.6) is 0 Å². The molecule has 0 saturated heterocycles. The molecule has 1 aromatic carbocycles. The van der Waals surface area contributed by atoms with Crippen molar-refractivity contribution in [3.8, 4) is 11.4 Å². The number of benzene rings is 1. The molecular weight excluding hydrogens is 302 g/mol. The number of halogens is 1. The molecule has 1 amide bonds. The molecule has 1 atom stereocenters. The van der Waals surface area contributed by atoms with Gasteiger partial charge in [-0.1, -0.05) is 41.0 Å². The normalized spacial score (nSPS) is 17.4. The van der Waals surface area contributed by atoms with Crippen molar-refractivity contribution in [2.45, 2.75) is 25.8 Å². The second-order valence-electron chi connectivity index (χ2n) is 5.22. The molecule has 22 heavy (non-hydrogen) atoms. The van der Waals surface area contributed by atoms with Gasteiger partial charge in [0.1, 0.15) is 0 Å². The smallest absolute Gasteiger partial charge is 0.246 e. The van der Waals surface area contributed by atoms with E-state index in [-0.39, 0.29) is 18.4 Å². The van der Waals surface area contributed by atoms with Crippen molar-refractivity contribution in [1.29, 1.82) is 0 Å². The van der Waals surface area contributed by atoms with Crippen molar-refractivity contribution in [1.82, 2.24) is 15.5 Å². The third kappa shape index (κ3) is 3.54. The van der Waals surface area contributed by atoms with Gasteiger partial charge in [-0.3, -0.25) is 4.79 Å². The number of carbonyl (C=O) groups is 1. The minimum Gasteiger partial charge on any atom is -0.347 e. The van der Waals surface area contributed by atoms with E-state index in [0.29, 0.717) is 16.7 Å². The highest BCUT2D eigenvalue weighted by Crippen LogP contribution is 2.20. The fourth-order valence-electron chi connectivity index (χ4n) is 2.41. The second-order valence-corrected chi connectivity index (χ2v) is 5.66. The van der Waals surface area contributed by atoms with Crippen LogP contribution in [-0.4, -0.2) is 16.0 Å². The van der Waals surface area contributed by atoms with Gasteiger partial charge in [-0.25, -0.2) is 0 Å². The highest BCUT2D eigenvalue weighted by molar-refractivity contribution is 6.30. The molecule has 5 nitrogen and oxygen atoms in total. The Labute approximate surface area is 133 Å². The van der Waals surface area contributed by atoms with Crippen LogP contribution in [-0.2, 0) is 11.3 Å². The number of allylic oxidation sites excluding steroid dienone is 2. The molecule has 1 aliphatic carbocycles. The summed E-state index contributed by atoms with van der Waals surface area (Å²) in [5.74, 6) is 0.925. The Bertz CT molecular complexity index is 696. The highest BCUT2D eigenvalue weighted by atomic mass is 35.5. The monoisotopic (exact) mass is 317 g/mol. The molecule has 0 spiro atoms. The summed E-state index contributed by atoms with van der Waals surface area (Å²) in [4.78, 5) is 16.3. The maximum Gasteiger partial charge on any atom is 0.246 e. The molecular formula is C16H16ClN3O2. The van der Waals surface area contributed by atoms with Crippen LogP contribution in [0.3, 0.4) is 0 Å². The van der Waals surface area contributed by atoms with E-state index in [0.717, 1.165) is 24.8 Å². The third-order valence-corrected chi connectivity index (χ3v) is 3.84. The summed E-state index contributed by atoms with van der Waals surface area (Å²) in [7, 11) is 0. The Kier molecular flexibility index (Phi) is 4.53. The van der Waals surface area contributed by atoms with Crippen molar-refractivity contribution >= 4 is 17.5 Å². The zero-order valence-corrected chi connectivity index (χ0v) is 12.7. The van der Waals surface area contributed by atoms with Gasteiger partial charge in [0.2, 0.25) is 17.6 Å². The van der Waals surface area contributed by atoms with E-state index in [9.17, 15) is 4.79 Å². The lowest BCUT2D eigenvalue weighted by Gasteiger charge is -2.16. The number of carbonyl (C=O) groups excluding carboxylic acids is 1. The lowest BCUT2D eigenvalue weighted by molar-refractivity contribution is -0.125. The van der Waals surface area contributed by atoms with Crippen molar-refractivity contribution in [3.63, 3.8) is 0 Å². The van der Waals surface area contributed by atoms with Crippen LogP contribution in [0.1, 0.15) is 25.2 Å². The first-order chi connectivity index (χ1) is 10.7. The fraction of sp³-hybridized carbons (Fsp3) is 0.312. The molecule has 0 radical (unpaired) electrons. The summed E-state index contributed by atoms with van der Waals surface area (Å²) < 4.78 is 5.16. The summed E-state index contributed by atoms with van der Waals surface area (Å²) >= 11 is 5.94. The van der Waals surface area contributed by atoms with Gasteiger partial charge >= 0.3 is 0 Å². The summed E-state index contributed by atoms with van der Waals surface area (Å²) in [6.45, 7) is 0.243. The van der Waals surface area contributed by atoms with Gasteiger partial charge in [0, 0.05) is 16.5 Å². The van der Waals surface area contributed by atoms with Gasteiger partial charge in [-0.2, -0.15) is 4.98 Å². The molecule has 3 rings (SSSR count). The predicted molar refractivity (Wildman–Crippen MR) is 83.1 cm³/mol. The first kappa shape index (κ1) is 14.8. The number of hydrogen-bond acceptors (Lipinski definition) is 4. The predicted octanol–water partition coefficient (Wildman–Crippen LogP) is 3.36. The van der Waals surface area contributed by atoms with Gasteiger partial charge in [0.15, 0.2) is 0 Å². The fourth-order valence-corrected chi connectivity index (χ4v) is 2.60. The Morgan fingerprint density at radius 3 is 3.09 bits per heavy atom. The molecule has 0 unspecified atom stereocenters. The highest BCUT2D eigenvalue weighted by Gasteiger charge is 2.19. The molecule has 0 bridgehead atoms. The van der Waals surface area contributed by atoms with Crippen LogP contribution in [0.4, 0.5) is 0 Å². The minimum atomic E-state index is 0.0341. The molecule has 114 valence electrons. The second kappa shape index (κ2) is 6.75. The Morgan fingerprint density at radius 1 is 1.41 bits per heavy atom. The Hall–Kier alpha value is -2.14. The van der Waals surface area contributed by atoms with E-state index < -0.39 is 0 Å². The van der Waals surface area contributed by atoms with E-state index in [1.54, 1.807) is 12.1 Å². The number of hydrogen-bond donors (Lipinski definition) is 1. The van der Waals surface area contributed by atoms with Crippen LogP contribution >= 0.6 is 11.6 Å². The molecule has 0 aliphatic heterocycles. The van der Waals surface area contributed by atoms with Crippen LogP contribution in [0.15, 0.2) is 40.9 Å². The van der Waals surface area contributed by atoms with E-state index in [2.05, 4.69) is 27.6 Å². The standard InChI is InChI=1S/C16H16ClN3O2/c17-13-8-4-7-12(9-13)15-19-14(22-20-15)10-18-16(21)11-5-2-1-3-6-11/h1-2,4,7-9,11H,3,5-6,10H2,(H,18,21)/t11-/m0/s1. The van der Waals surface area contributed by atoms with E-state index in [1.807, 2.05) is 12.1 Å². The molecule has 6 heteroatoms. The molecule has 1 aliphatic rings. The van der Waals surface area contributed by atoms with Crippen LogP contribution in [0.25, 0.3) is 11.4 Å². The van der Waals surface area contributed by atoms with Gasteiger partial charge in [-0.05, 0) is 31.4 Å². The zero-order valence-electron chi connectivity index (χ0n) is 12.0. The topological polar surface area (TPSA) is 68.0 Å². The van der Waals surface area contributed by atoms with Crippen LogP contribution in [0.2, 0.25) is 5.02 Å². The van der Waals surface area contributed by atoms with Gasteiger partial charge < -0.3 is 9.84 Å². The number of amides is 1. The quantitative estimate of drug-likeness (QED) is 0.878.